The molecule has 3 unspecified atom stereocenters. The van der Waals surface area contributed by atoms with E-state index in [0.717, 1.165) is 25.1 Å². The van der Waals surface area contributed by atoms with Gasteiger partial charge in [0.2, 0.25) is 0 Å². The molecule has 4 nitrogen and oxygen atoms in total. The van der Waals surface area contributed by atoms with Crippen LogP contribution in [-0.4, -0.2) is 24.1 Å². The molecule has 0 aliphatic heterocycles. The largest absolute Gasteiger partial charge is 0.370 e. The summed E-state index contributed by atoms with van der Waals surface area (Å²) in [6, 6.07) is 0.409. The number of ether oxygens (including phenoxy) is 1. The van der Waals surface area contributed by atoms with Crippen LogP contribution in [0.5, 0.6) is 0 Å². The highest BCUT2D eigenvalue weighted by molar-refractivity contribution is 5.26. The minimum absolute atomic E-state index is 0.265. The monoisotopic (exact) mass is 289 g/mol. The van der Waals surface area contributed by atoms with Gasteiger partial charge in [0.15, 0.2) is 5.82 Å². The van der Waals surface area contributed by atoms with Gasteiger partial charge in [0.1, 0.15) is 5.60 Å². The van der Waals surface area contributed by atoms with Crippen molar-refractivity contribution in [1.29, 1.82) is 0 Å². The standard InChI is InChI=1S/C17H27N3O/c1-12-6-5-9-17(10-12,21-3)16-19-11-13-14(18-2)7-4-8-15(13)20-16/h11-12,14,18H,4-10H2,1-3H3. The fraction of sp³-hybridized carbons (Fsp3) is 0.765. The first-order valence-electron chi connectivity index (χ1n) is 8.27. The van der Waals surface area contributed by atoms with Crippen molar-refractivity contribution in [2.24, 2.45) is 5.92 Å². The minimum atomic E-state index is -0.265. The average Bonchev–Trinajstić information content (AvgIpc) is 2.53. The zero-order chi connectivity index (χ0) is 14.9. The molecule has 0 amide bonds. The van der Waals surface area contributed by atoms with Crippen LogP contribution in [-0.2, 0) is 16.8 Å². The second-order valence-electron chi connectivity index (χ2n) is 6.73. The van der Waals surface area contributed by atoms with E-state index in [2.05, 4.69) is 12.2 Å². The molecule has 3 rings (SSSR count). The Labute approximate surface area is 127 Å². The molecule has 0 bridgehead atoms. The Kier molecular flexibility index (Phi) is 4.27. The van der Waals surface area contributed by atoms with Crippen LogP contribution in [0, 0.1) is 5.92 Å². The van der Waals surface area contributed by atoms with Gasteiger partial charge in [-0.1, -0.05) is 13.3 Å². The van der Waals surface area contributed by atoms with E-state index < -0.39 is 0 Å². The van der Waals surface area contributed by atoms with Gasteiger partial charge in [-0.05, 0) is 51.5 Å². The van der Waals surface area contributed by atoms with Crippen molar-refractivity contribution >= 4 is 0 Å². The van der Waals surface area contributed by atoms with Crippen LogP contribution in [0.25, 0.3) is 0 Å². The molecule has 0 spiro atoms. The van der Waals surface area contributed by atoms with Crippen LogP contribution < -0.4 is 5.32 Å². The van der Waals surface area contributed by atoms with Gasteiger partial charge in [-0.15, -0.1) is 0 Å². The zero-order valence-corrected chi connectivity index (χ0v) is 13.5. The molecule has 21 heavy (non-hydrogen) atoms. The molecule has 0 aromatic carbocycles. The van der Waals surface area contributed by atoms with Crippen molar-refractivity contribution in [3.05, 3.63) is 23.3 Å². The molecule has 0 radical (unpaired) electrons. The van der Waals surface area contributed by atoms with E-state index in [1.165, 1.54) is 36.9 Å². The molecule has 1 N–H and O–H groups in total. The smallest absolute Gasteiger partial charge is 0.160 e. The van der Waals surface area contributed by atoms with Crippen LogP contribution in [0.4, 0.5) is 0 Å². The third-order valence-corrected chi connectivity index (χ3v) is 5.28. The van der Waals surface area contributed by atoms with Crippen LogP contribution >= 0.6 is 0 Å². The van der Waals surface area contributed by atoms with Gasteiger partial charge in [-0.2, -0.15) is 0 Å². The van der Waals surface area contributed by atoms with E-state index in [-0.39, 0.29) is 5.60 Å². The average molecular weight is 289 g/mol. The number of aromatic nitrogens is 2. The van der Waals surface area contributed by atoms with Gasteiger partial charge in [0.25, 0.3) is 0 Å². The van der Waals surface area contributed by atoms with Gasteiger partial charge >= 0.3 is 0 Å². The topological polar surface area (TPSA) is 47.0 Å². The van der Waals surface area contributed by atoms with E-state index in [9.17, 15) is 0 Å². The lowest BCUT2D eigenvalue weighted by atomic mass is 9.78. The van der Waals surface area contributed by atoms with E-state index in [0.29, 0.717) is 12.0 Å². The first kappa shape index (κ1) is 14.9. The number of aryl methyl sites for hydroxylation is 1. The number of hydrogen-bond acceptors (Lipinski definition) is 4. The fourth-order valence-electron chi connectivity index (χ4n) is 4.05. The van der Waals surface area contributed by atoms with E-state index in [1.54, 1.807) is 0 Å². The Morgan fingerprint density at radius 1 is 1.33 bits per heavy atom. The molecule has 3 atom stereocenters. The predicted molar refractivity (Wildman–Crippen MR) is 83.1 cm³/mol. The molecule has 1 aromatic rings. The van der Waals surface area contributed by atoms with Crippen LogP contribution in [0.2, 0.25) is 0 Å². The van der Waals surface area contributed by atoms with Crippen molar-refractivity contribution in [1.82, 2.24) is 15.3 Å². The van der Waals surface area contributed by atoms with E-state index in [4.69, 9.17) is 14.7 Å². The molecule has 2 aliphatic carbocycles. The number of methoxy groups -OCH3 is 1. The first-order chi connectivity index (χ1) is 10.2. The molecule has 2 aliphatic rings. The normalized spacial score (nSPS) is 32.7. The Bertz CT molecular complexity index is 505. The quantitative estimate of drug-likeness (QED) is 0.928. The number of fused-ring (bicyclic) bond motifs is 1. The predicted octanol–water partition coefficient (Wildman–Crippen LogP) is 3.13. The second kappa shape index (κ2) is 6.01. The molecule has 1 aromatic heterocycles. The number of nitrogens with one attached hydrogen (secondary N) is 1. The molecule has 4 heteroatoms. The summed E-state index contributed by atoms with van der Waals surface area (Å²) < 4.78 is 5.94. The highest BCUT2D eigenvalue weighted by Gasteiger charge is 2.40. The SMILES string of the molecule is CNC1CCCc2nc(C3(OC)CCCC(C)C3)ncc21. The summed E-state index contributed by atoms with van der Waals surface area (Å²) in [6.45, 7) is 2.31. The second-order valence-corrected chi connectivity index (χ2v) is 6.73. The Balaban J connectivity index is 1.95. The lowest BCUT2D eigenvalue weighted by molar-refractivity contribution is -0.0648. The zero-order valence-electron chi connectivity index (χ0n) is 13.5. The van der Waals surface area contributed by atoms with Crippen molar-refractivity contribution in [2.45, 2.75) is 63.5 Å². The molecule has 116 valence electrons. The Morgan fingerprint density at radius 2 is 2.19 bits per heavy atom. The third kappa shape index (κ3) is 2.71. The maximum absolute atomic E-state index is 5.94. The maximum Gasteiger partial charge on any atom is 0.160 e. The van der Waals surface area contributed by atoms with Crippen LogP contribution in [0.1, 0.15) is 68.6 Å². The molecule has 1 fully saturated rings. The minimum Gasteiger partial charge on any atom is -0.370 e. The van der Waals surface area contributed by atoms with Crippen molar-refractivity contribution in [3.63, 3.8) is 0 Å². The van der Waals surface area contributed by atoms with E-state index in [1.807, 2.05) is 20.4 Å². The highest BCUT2D eigenvalue weighted by Crippen LogP contribution is 2.41. The first-order valence-corrected chi connectivity index (χ1v) is 8.27. The molecular weight excluding hydrogens is 262 g/mol. The Morgan fingerprint density at radius 3 is 2.90 bits per heavy atom. The summed E-state index contributed by atoms with van der Waals surface area (Å²) in [6.07, 6.45) is 10.1. The van der Waals surface area contributed by atoms with Crippen LogP contribution in [0.3, 0.4) is 0 Å². The summed E-state index contributed by atoms with van der Waals surface area (Å²) >= 11 is 0. The van der Waals surface area contributed by atoms with Crippen molar-refractivity contribution in [2.75, 3.05) is 14.2 Å². The lowest BCUT2D eigenvalue weighted by Crippen LogP contribution is -2.37. The summed E-state index contributed by atoms with van der Waals surface area (Å²) in [5.74, 6) is 1.59. The molecule has 1 heterocycles. The van der Waals surface area contributed by atoms with E-state index >= 15 is 0 Å². The molecule has 1 saturated carbocycles. The highest BCUT2D eigenvalue weighted by atomic mass is 16.5. The maximum atomic E-state index is 5.94. The summed E-state index contributed by atoms with van der Waals surface area (Å²) in [7, 11) is 3.84. The van der Waals surface area contributed by atoms with Gasteiger partial charge < -0.3 is 10.1 Å². The Hall–Kier alpha value is -1.00. The van der Waals surface area contributed by atoms with Gasteiger partial charge in [-0.3, -0.25) is 0 Å². The summed E-state index contributed by atoms with van der Waals surface area (Å²) in [5.41, 5.74) is 2.24. The lowest BCUT2D eigenvalue weighted by Gasteiger charge is -2.38. The van der Waals surface area contributed by atoms with Crippen molar-refractivity contribution in [3.8, 4) is 0 Å². The fourth-order valence-corrected chi connectivity index (χ4v) is 4.05. The van der Waals surface area contributed by atoms with Crippen molar-refractivity contribution < 1.29 is 4.74 Å². The summed E-state index contributed by atoms with van der Waals surface area (Å²) in [5, 5.41) is 3.38. The molecular formula is C17H27N3O. The summed E-state index contributed by atoms with van der Waals surface area (Å²) in [4.78, 5) is 9.65. The number of hydrogen-bond donors (Lipinski definition) is 1. The van der Waals surface area contributed by atoms with Crippen LogP contribution in [0.15, 0.2) is 6.20 Å². The van der Waals surface area contributed by atoms with Gasteiger partial charge in [-0.25, -0.2) is 9.97 Å². The molecule has 0 saturated heterocycles. The third-order valence-electron chi connectivity index (χ3n) is 5.28. The van der Waals surface area contributed by atoms with Gasteiger partial charge in [0.05, 0.1) is 0 Å². The number of rotatable bonds is 3. The number of nitrogens with zero attached hydrogens (tertiary/aromatic N) is 2. The van der Waals surface area contributed by atoms with Gasteiger partial charge in [0, 0.05) is 30.6 Å².